The van der Waals surface area contributed by atoms with E-state index in [-0.39, 0.29) is 17.4 Å². The van der Waals surface area contributed by atoms with Crippen LogP contribution in [0.3, 0.4) is 0 Å². The molecule has 3 aromatic rings. The zero-order chi connectivity index (χ0) is 13.6. The maximum atomic E-state index is 9.85. The molecule has 1 aromatic carbocycles. The summed E-state index contributed by atoms with van der Waals surface area (Å²) in [4.78, 5) is 0.686. The minimum Gasteiger partial charge on any atom is -0.508 e. The van der Waals surface area contributed by atoms with E-state index in [2.05, 4.69) is 15.3 Å². The smallest absolute Gasteiger partial charge is 0.234 e. The fourth-order valence-electron chi connectivity index (χ4n) is 1.80. The van der Waals surface area contributed by atoms with Gasteiger partial charge in [-0.25, -0.2) is 0 Å². The summed E-state index contributed by atoms with van der Waals surface area (Å²) in [5, 5.41) is 32.4. The van der Waals surface area contributed by atoms with Crippen LogP contribution in [0, 0.1) is 0 Å². The van der Waals surface area contributed by atoms with E-state index in [1.807, 2.05) is 13.8 Å². The molecule has 0 atom stereocenters. The topological polar surface area (TPSA) is 83.5 Å². The summed E-state index contributed by atoms with van der Waals surface area (Å²) >= 11 is 1.35. The predicted octanol–water partition coefficient (Wildman–Crippen LogP) is 2.39. The van der Waals surface area contributed by atoms with E-state index in [1.165, 1.54) is 23.5 Å². The molecule has 19 heavy (non-hydrogen) atoms. The van der Waals surface area contributed by atoms with Crippen LogP contribution in [0.25, 0.3) is 15.5 Å². The number of rotatable bonds is 2. The minimum absolute atomic E-state index is 0.00365. The number of phenols is 2. The largest absolute Gasteiger partial charge is 0.508 e. The normalized spacial score (nSPS) is 11.5. The Labute approximate surface area is 113 Å². The predicted molar refractivity (Wildman–Crippen MR) is 71.5 cm³/mol. The monoisotopic (exact) mass is 276 g/mol. The highest BCUT2D eigenvalue weighted by atomic mass is 32.1. The molecular weight excluding hydrogens is 264 g/mol. The summed E-state index contributed by atoms with van der Waals surface area (Å²) in [6.45, 7) is 4.04. The lowest BCUT2D eigenvalue weighted by molar-refractivity contribution is 0.452. The second-order valence-corrected chi connectivity index (χ2v) is 5.47. The van der Waals surface area contributed by atoms with Gasteiger partial charge in [0.05, 0.1) is 5.56 Å². The minimum atomic E-state index is -0.00365. The molecule has 0 saturated carbocycles. The van der Waals surface area contributed by atoms with Gasteiger partial charge in [-0.05, 0) is 12.1 Å². The van der Waals surface area contributed by atoms with Crippen LogP contribution in [0.1, 0.15) is 25.6 Å². The fraction of sp³-hybridized carbons (Fsp3) is 0.250. The van der Waals surface area contributed by atoms with Crippen molar-refractivity contribution in [3.63, 3.8) is 0 Å². The molecule has 2 aromatic heterocycles. The third-order valence-corrected chi connectivity index (χ3v) is 3.68. The van der Waals surface area contributed by atoms with Gasteiger partial charge < -0.3 is 10.2 Å². The van der Waals surface area contributed by atoms with E-state index < -0.39 is 0 Å². The Morgan fingerprint density at radius 2 is 2.00 bits per heavy atom. The maximum Gasteiger partial charge on any atom is 0.234 e. The summed E-state index contributed by atoms with van der Waals surface area (Å²) in [6, 6.07) is 4.44. The molecule has 3 rings (SSSR count). The van der Waals surface area contributed by atoms with Gasteiger partial charge in [0.15, 0.2) is 10.8 Å². The van der Waals surface area contributed by atoms with Crippen LogP contribution in [0.4, 0.5) is 0 Å². The van der Waals surface area contributed by atoms with Crippen LogP contribution in [-0.4, -0.2) is 30.0 Å². The number of fused-ring (bicyclic) bond motifs is 1. The van der Waals surface area contributed by atoms with Crippen molar-refractivity contribution in [3.05, 3.63) is 24.0 Å². The van der Waals surface area contributed by atoms with E-state index in [1.54, 1.807) is 10.6 Å². The van der Waals surface area contributed by atoms with Crippen LogP contribution in [-0.2, 0) is 0 Å². The van der Waals surface area contributed by atoms with Gasteiger partial charge >= 0.3 is 0 Å². The van der Waals surface area contributed by atoms with Gasteiger partial charge in [0, 0.05) is 12.0 Å². The van der Waals surface area contributed by atoms with Gasteiger partial charge in [-0.15, -0.1) is 10.2 Å². The fourth-order valence-corrected chi connectivity index (χ4v) is 2.68. The van der Waals surface area contributed by atoms with E-state index >= 15 is 0 Å². The number of benzene rings is 1. The summed E-state index contributed by atoms with van der Waals surface area (Å²) < 4.78 is 1.69. The third-order valence-electron chi connectivity index (χ3n) is 2.74. The molecule has 0 spiro atoms. The number of aromatic hydroxyl groups is 2. The lowest BCUT2D eigenvalue weighted by Gasteiger charge is -2.01. The molecule has 0 aliphatic rings. The first-order chi connectivity index (χ1) is 9.06. The molecule has 0 aliphatic heterocycles. The zero-order valence-electron chi connectivity index (χ0n) is 10.4. The summed E-state index contributed by atoms with van der Waals surface area (Å²) in [5.41, 5.74) is 0.572. The highest BCUT2D eigenvalue weighted by molar-refractivity contribution is 7.19. The van der Waals surface area contributed by atoms with Crippen LogP contribution >= 0.6 is 11.3 Å². The molecule has 2 N–H and O–H groups in total. The molecule has 0 fully saturated rings. The van der Waals surface area contributed by atoms with Crippen molar-refractivity contribution in [1.29, 1.82) is 0 Å². The van der Waals surface area contributed by atoms with Crippen molar-refractivity contribution in [2.75, 3.05) is 0 Å². The second-order valence-electron chi connectivity index (χ2n) is 4.52. The molecule has 0 amide bonds. The molecule has 0 bridgehead atoms. The van der Waals surface area contributed by atoms with Crippen LogP contribution in [0.2, 0.25) is 0 Å². The number of hydrogen-bond acceptors (Lipinski definition) is 6. The molecule has 0 aliphatic carbocycles. The average Bonchev–Trinajstić information content (AvgIpc) is 2.87. The molecule has 6 nitrogen and oxygen atoms in total. The summed E-state index contributed by atoms with van der Waals surface area (Å²) in [5.74, 6) is 1.03. The first-order valence-electron chi connectivity index (χ1n) is 5.80. The molecule has 0 saturated heterocycles. The maximum absolute atomic E-state index is 9.85. The SMILES string of the molecule is CC(C)c1nnc2sc(-c3ccc(O)cc3O)nn12. The first-order valence-corrected chi connectivity index (χ1v) is 6.62. The van der Waals surface area contributed by atoms with Crippen LogP contribution in [0.5, 0.6) is 11.5 Å². The van der Waals surface area contributed by atoms with Crippen molar-refractivity contribution in [3.8, 4) is 22.1 Å². The molecule has 0 radical (unpaired) electrons. The van der Waals surface area contributed by atoms with Gasteiger partial charge in [-0.1, -0.05) is 25.2 Å². The quantitative estimate of drug-likeness (QED) is 0.750. The van der Waals surface area contributed by atoms with E-state index in [0.29, 0.717) is 15.5 Å². The Morgan fingerprint density at radius 3 is 2.68 bits per heavy atom. The van der Waals surface area contributed by atoms with Crippen molar-refractivity contribution in [2.24, 2.45) is 0 Å². The van der Waals surface area contributed by atoms with Crippen molar-refractivity contribution in [1.82, 2.24) is 19.8 Å². The first kappa shape index (κ1) is 11.9. The zero-order valence-corrected chi connectivity index (χ0v) is 11.2. The Hall–Kier alpha value is -2.15. The third kappa shape index (κ3) is 1.91. The Bertz CT molecular complexity index is 747. The Balaban J connectivity index is 2.15. The van der Waals surface area contributed by atoms with Crippen molar-refractivity contribution < 1.29 is 10.2 Å². The van der Waals surface area contributed by atoms with Gasteiger partial charge in [-0.2, -0.15) is 9.61 Å². The van der Waals surface area contributed by atoms with Gasteiger partial charge in [0.2, 0.25) is 4.96 Å². The number of hydrogen-bond donors (Lipinski definition) is 2. The number of aromatic nitrogens is 4. The van der Waals surface area contributed by atoms with E-state index in [9.17, 15) is 10.2 Å². The van der Waals surface area contributed by atoms with E-state index in [4.69, 9.17) is 0 Å². The van der Waals surface area contributed by atoms with Crippen LogP contribution < -0.4 is 0 Å². The highest BCUT2D eigenvalue weighted by Crippen LogP contribution is 2.34. The van der Waals surface area contributed by atoms with Crippen LogP contribution in [0.15, 0.2) is 18.2 Å². The Morgan fingerprint density at radius 1 is 1.21 bits per heavy atom. The molecule has 0 unspecified atom stereocenters. The molecule has 7 heteroatoms. The Kier molecular flexibility index (Phi) is 2.63. The van der Waals surface area contributed by atoms with Crippen molar-refractivity contribution in [2.45, 2.75) is 19.8 Å². The molecular formula is C12H12N4O2S. The van der Waals surface area contributed by atoms with Gasteiger partial charge in [-0.3, -0.25) is 0 Å². The number of phenolic OH excluding ortho intramolecular Hbond substituents is 2. The van der Waals surface area contributed by atoms with E-state index in [0.717, 1.165) is 5.82 Å². The standard InChI is InChI=1S/C12H12N4O2S/c1-6(2)10-13-14-12-16(10)15-11(19-12)8-4-3-7(17)5-9(8)18/h3-6,17-18H,1-2H3. The van der Waals surface area contributed by atoms with Crippen molar-refractivity contribution >= 4 is 16.3 Å². The lowest BCUT2D eigenvalue weighted by Crippen LogP contribution is -1.97. The molecule has 98 valence electrons. The average molecular weight is 276 g/mol. The second kappa shape index (κ2) is 4.20. The summed E-state index contributed by atoms with van der Waals surface area (Å²) in [6.07, 6.45) is 0. The van der Waals surface area contributed by atoms with Gasteiger partial charge in [0.1, 0.15) is 11.5 Å². The highest BCUT2D eigenvalue weighted by Gasteiger charge is 2.16. The van der Waals surface area contributed by atoms with Gasteiger partial charge in [0.25, 0.3) is 0 Å². The number of nitrogens with zero attached hydrogens (tertiary/aromatic N) is 4. The summed E-state index contributed by atoms with van der Waals surface area (Å²) in [7, 11) is 0. The lowest BCUT2D eigenvalue weighted by atomic mass is 10.2. The molecule has 2 heterocycles.